The number of ether oxygens (including phenoxy) is 1. The lowest BCUT2D eigenvalue weighted by Gasteiger charge is -2.31. The molecule has 1 saturated heterocycles. The Morgan fingerprint density at radius 1 is 1.10 bits per heavy atom. The van der Waals surface area contributed by atoms with Crippen molar-refractivity contribution in [3.63, 3.8) is 0 Å². The van der Waals surface area contributed by atoms with Crippen LogP contribution in [0.2, 0.25) is 0 Å². The summed E-state index contributed by atoms with van der Waals surface area (Å²) in [5.41, 5.74) is 1.57. The number of benzene rings is 2. The van der Waals surface area contributed by atoms with Crippen molar-refractivity contribution in [1.82, 2.24) is 14.5 Å². The first-order valence-corrected chi connectivity index (χ1v) is 10.0. The predicted octanol–water partition coefficient (Wildman–Crippen LogP) is 3.55. The smallest absolute Gasteiger partial charge is 0.261 e. The summed E-state index contributed by atoms with van der Waals surface area (Å²) >= 11 is 0. The topological polar surface area (TPSA) is 64.4 Å². The quantitative estimate of drug-likeness (QED) is 0.682. The molecule has 0 saturated carbocycles. The first-order valence-electron chi connectivity index (χ1n) is 10.0. The van der Waals surface area contributed by atoms with Crippen molar-refractivity contribution in [2.24, 2.45) is 0 Å². The van der Waals surface area contributed by atoms with Crippen LogP contribution < -0.4 is 10.3 Å². The monoisotopic (exact) mass is 391 g/mol. The van der Waals surface area contributed by atoms with E-state index in [9.17, 15) is 9.59 Å². The van der Waals surface area contributed by atoms with Crippen molar-refractivity contribution < 1.29 is 9.53 Å². The van der Waals surface area contributed by atoms with Crippen molar-refractivity contribution in [1.29, 1.82) is 0 Å². The lowest BCUT2D eigenvalue weighted by atomic mass is 10.0. The molecule has 1 atom stereocenters. The van der Waals surface area contributed by atoms with Gasteiger partial charge in [0, 0.05) is 6.54 Å². The lowest BCUT2D eigenvalue weighted by molar-refractivity contribution is -0.134. The fourth-order valence-electron chi connectivity index (χ4n) is 4.03. The van der Waals surface area contributed by atoms with Crippen molar-refractivity contribution in [2.45, 2.75) is 38.3 Å². The van der Waals surface area contributed by atoms with Gasteiger partial charge >= 0.3 is 0 Å². The van der Waals surface area contributed by atoms with E-state index in [2.05, 4.69) is 4.98 Å². The molecule has 0 aliphatic carbocycles. The highest BCUT2D eigenvalue weighted by atomic mass is 16.5. The van der Waals surface area contributed by atoms with Gasteiger partial charge in [-0.1, -0.05) is 37.1 Å². The number of fused-ring (bicyclic) bond motifs is 1. The molecule has 1 aliphatic rings. The van der Waals surface area contributed by atoms with E-state index in [1.165, 1.54) is 10.9 Å². The van der Waals surface area contributed by atoms with Gasteiger partial charge in [-0.25, -0.2) is 4.98 Å². The van der Waals surface area contributed by atoms with Gasteiger partial charge in [0.25, 0.3) is 5.56 Å². The summed E-state index contributed by atoms with van der Waals surface area (Å²) in [6.45, 7) is 0.703. The Labute approximate surface area is 169 Å². The Morgan fingerprint density at radius 2 is 1.90 bits per heavy atom. The molecule has 2 heterocycles. The first kappa shape index (κ1) is 19.2. The molecule has 29 heavy (non-hydrogen) atoms. The number of methoxy groups -OCH3 is 1. The minimum atomic E-state index is -0.181. The number of aromatic nitrogens is 2. The molecule has 0 bridgehead atoms. The summed E-state index contributed by atoms with van der Waals surface area (Å²) in [5, 5.41) is 0.533. The van der Waals surface area contributed by atoms with Gasteiger partial charge in [0.1, 0.15) is 12.3 Å². The molecule has 6 heteroatoms. The molecule has 0 N–H and O–H groups in total. The van der Waals surface area contributed by atoms with Crippen LogP contribution in [-0.4, -0.2) is 34.0 Å². The zero-order chi connectivity index (χ0) is 20.2. The number of para-hydroxylation sites is 1. The van der Waals surface area contributed by atoms with Gasteiger partial charge in [0.2, 0.25) is 5.91 Å². The molecule has 4 rings (SSSR count). The third-order valence-electron chi connectivity index (χ3n) is 5.61. The number of rotatable bonds is 4. The van der Waals surface area contributed by atoms with Gasteiger partial charge in [0.15, 0.2) is 0 Å². The van der Waals surface area contributed by atoms with Gasteiger partial charge < -0.3 is 9.64 Å². The maximum Gasteiger partial charge on any atom is 0.261 e. The highest BCUT2D eigenvalue weighted by Gasteiger charge is 2.27. The van der Waals surface area contributed by atoms with E-state index in [0.717, 1.165) is 37.0 Å². The summed E-state index contributed by atoms with van der Waals surface area (Å²) in [7, 11) is 1.64. The molecule has 3 aromatic rings. The van der Waals surface area contributed by atoms with Crippen LogP contribution >= 0.6 is 0 Å². The number of nitrogens with zero attached hydrogens (tertiary/aromatic N) is 3. The van der Waals surface area contributed by atoms with Crippen molar-refractivity contribution in [2.75, 3.05) is 13.7 Å². The second kappa shape index (κ2) is 8.47. The highest BCUT2D eigenvalue weighted by molar-refractivity contribution is 5.79. The van der Waals surface area contributed by atoms with Gasteiger partial charge in [-0.05, 0) is 42.7 Å². The first-order chi connectivity index (χ1) is 14.2. The zero-order valence-electron chi connectivity index (χ0n) is 16.6. The van der Waals surface area contributed by atoms with E-state index in [1.54, 1.807) is 19.2 Å². The fraction of sp³-hybridized carbons (Fsp3) is 0.348. The van der Waals surface area contributed by atoms with Crippen LogP contribution in [0.4, 0.5) is 0 Å². The Hall–Kier alpha value is -3.15. The van der Waals surface area contributed by atoms with Crippen LogP contribution in [0.1, 0.15) is 37.3 Å². The molecule has 1 amide bonds. The molecule has 0 spiro atoms. The van der Waals surface area contributed by atoms with Gasteiger partial charge in [0.05, 0.1) is 30.4 Å². The molecule has 1 fully saturated rings. The van der Waals surface area contributed by atoms with E-state index >= 15 is 0 Å². The van der Waals surface area contributed by atoms with Crippen LogP contribution in [0.3, 0.4) is 0 Å². The molecular weight excluding hydrogens is 366 g/mol. The minimum absolute atomic E-state index is 0.00330. The third-order valence-corrected chi connectivity index (χ3v) is 5.61. The van der Waals surface area contributed by atoms with E-state index in [4.69, 9.17) is 4.74 Å². The number of hydrogen-bond acceptors (Lipinski definition) is 4. The van der Waals surface area contributed by atoms with E-state index in [-0.39, 0.29) is 24.1 Å². The number of hydrogen-bond donors (Lipinski definition) is 0. The van der Waals surface area contributed by atoms with Gasteiger partial charge in [-0.2, -0.15) is 0 Å². The molecule has 1 unspecified atom stereocenters. The molecule has 6 nitrogen and oxygen atoms in total. The molecule has 1 aliphatic heterocycles. The Kier molecular flexibility index (Phi) is 5.60. The molecular formula is C23H25N3O3. The summed E-state index contributed by atoms with van der Waals surface area (Å²) < 4.78 is 6.67. The summed E-state index contributed by atoms with van der Waals surface area (Å²) in [4.78, 5) is 32.3. The number of likely N-dealkylation sites (tertiary alicyclic amines) is 1. The number of amides is 1. The zero-order valence-corrected chi connectivity index (χ0v) is 16.6. The average molecular weight is 391 g/mol. The second-order valence-electron chi connectivity index (χ2n) is 7.42. The molecule has 0 radical (unpaired) electrons. The Bertz CT molecular complexity index is 1060. The Morgan fingerprint density at radius 3 is 2.69 bits per heavy atom. The van der Waals surface area contributed by atoms with Gasteiger partial charge in [-0.15, -0.1) is 0 Å². The SMILES string of the molecule is COc1ccc(C2CCCCCN2C(=O)Cn2cnc3ccccc3c2=O)cc1. The van der Waals surface area contributed by atoms with Crippen LogP contribution in [0.15, 0.2) is 59.7 Å². The van der Waals surface area contributed by atoms with Crippen LogP contribution in [0.5, 0.6) is 5.75 Å². The largest absolute Gasteiger partial charge is 0.497 e. The maximum absolute atomic E-state index is 13.2. The fourth-order valence-corrected chi connectivity index (χ4v) is 4.03. The molecule has 1 aromatic heterocycles. The third kappa shape index (κ3) is 4.01. The Balaban J connectivity index is 1.61. The van der Waals surface area contributed by atoms with Crippen LogP contribution in [0, 0.1) is 0 Å². The lowest BCUT2D eigenvalue weighted by Crippen LogP contribution is -2.39. The van der Waals surface area contributed by atoms with Crippen molar-refractivity contribution in [3.05, 3.63) is 70.8 Å². The summed E-state index contributed by atoms with van der Waals surface area (Å²) in [6.07, 6.45) is 5.56. The van der Waals surface area contributed by atoms with Crippen LogP contribution in [0.25, 0.3) is 10.9 Å². The molecule has 150 valence electrons. The number of carbonyl (C=O) groups is 1. The maximum atomic E-state index is 13.2. The predicted molar refractivity (Wildman–Crippen MR) is 112 cm³/mol. The van der Waals surface area contributed by atoms with Crippen molar-refractivity contribution >= 4 is 16.8 Å². The van der Waals surface area contributed by atoms with Gasteiger partial charge in [-0.3, -0.25) is 14.2 Å². The van der Waals surface area contributed by atoms with E-state index < -0.39 is 0 Å². The highest BCUT2D eigenvalue weighted by Crippen LogP contribution is 2.31. The number of carbonyl (C=O) groups excluding carboxylic acids is 1. The van der Waals surface area contributed by atoms with E-state index in [1.807, 2.05) is 41.3 Å². The second-order valence-corrected chi connectivity index (χ2v) is 7.42. The molecule has 2 aromatic carbocycles. The van der Waals surface area contributed by atoms with E-state index in [0.29, 0.717) is 17.4 Å². The standard InChI is InChI=1S/C23H25N3O3/c1-29-18-12-10-17(11-13-18)21-9-3-2-6-14-26(21)22(27)15-25-16-24-20-8-5-4-7-19(20)23(25)28/h4-5,7-8,10-13,16,21H,2-3,6,9,14-15H2,1H3. The van der Waals surface area contributed by atoms with Crippen molar-refractivity contribution in [3.8, 4) is 5.75 Å². The normalized spacial score (nSPS) is 17.1. The summed E-state index contributed by atoms with van der Waals surface area (Å²) in [6, 6.07) is 15.1. The minimum Gasteiger partial charge on any atom is -0.497 e. The summed E-state index contributed by atoms with van der Waals surface area (Å²) in [5.74, 6) is 0.751. The average Bonchev–Trinajstić information content (AvgIpc) is 3.02. The van der Waals surface area contributed by atoms with Crippen LogP contribution in [-0.2, 0) is 11.3 Å².